The highest BCUT2D eigenvalue weighted by atomic mass is 16.2. The zero-order valence-electron chi connectivity index (χ0n) is 14.2. The molecule has 3 heteroatoms. The second-order valence-corrected chi connectivity index (χ2v) is 6.39. The molecular weight excluding hydrogens is 298 g/mol. The third kappa shape index (κ3) is 4.19. The van der Waals surface area contributed by atoms with Crippen molar-refractivity contribution in [3.8, 4) is 0 Å². The maximum atomic E-state index is 12.9. The van der Waals surface area contributed by atoms with Gasteiger partial charge >= 0.3 is 0 Å². The number of Topliss-reactive ketones (excluding diaryl/α,β-unsaturated/α-hetero) is 1. The molecule has 124 valence electrons. The van der Waals surface area contributed by atoms with Gasteiger partial charge in [-0.1, -0.05) is 80.6 Å². The van der Waals surface area contributed by atoms with Crippen molar-refractivity contribution in [1.82, 2.24) is 5.32 Å². The Bertz CT molecular complexity index is 705. The Morgan fingerprint density at radius 2 is 1.58 bits per heavy atom. The molecule has 0 aromatic heterocycles. The molecule has 0 aliphatic rings. The van der Waals surface area contributed by atoms with Gasteiger partial charge in [0.2, 0.25) is 5.91 Å². The van der Waals surface area contributed by atoms with Crippen molar-refractivity contribution < 1.29 is 9.59 Å². The predicted octanol–water partition coefficient (Wildman–Crippen LogP) is 4.01. The van der Waals surface area contributed by atoms with E-state index in [9.17, 15) is 9.59 Å². The number of nitrogens with one attached hydrogen (secondary N) is 1. The van der Waals surface area contributed by atoms with E-state index in [2.05, 4.69) is 11.9 Å². The Kier molecular flexibility index (Phi) is 5.69. The summed E-state index contributed by atoms with van der Waals surface area (Å²) >= 11 is 0. The number of benzene rings is 2. The van der Waals surface area contributed by atoms with E-state index in [-0.39, 0.29) is 11.7 Å². The van der Waals surface area contributed by atoms with Gasteiger partial charge in [0.1, 0.15) is 5.92 Å². The first-order chi connectivity index (χ1) is 11.5. The summed E-state index contributed by atoms with van der Waals surface area (Å²) in [5, 5.41) is 2.88. The van der Waals surface area contributed by atoms with E-state index in [0.29, 0.717) is 12.1 Å². The van der Waals surface area contributed by atoms with Gasteiger partial charge in [0.15, 0.2) is 5.78 Å². The van der Waals surface area contributed by atoms with Crippen molar-refractivity contribution in [2.24, 2.45) is 11.3 Å². The fourth-order valence-corrected chi connectivity index (χ4v) is 2.57. The highest BCUT2D eigenvalue weighted by Gasteiger charge is 2.39. The summed E-state index contributed by atoms with van der Waals surface area (Å²) in [5.74, 6) is -1.29. The van der Waals surface area contributed by atoms with Gasteiger partial charge in [0.25, 0.3) is 0 Å². The van der Waals surface area contributed by atoms with Crippen LogP contribution in [-0.2, 0) is 11.3 Å². The zero-order chi connectivity index (χ0) is 17.6. The van der Waals surface area contributed by atoms with Crippen LogP contribution in [0.4, 0.5) is 0 Å². The van der Waals surface area contributed by atoms with E-state index in [0.717, 1.165) is 5.56 Å². The van der Waals surface area contributed by atoms with Gasteiger partial charge < -0.3 is 5.32 Å². The lowest BCUT2D eigenvalue weighted by atomic mass is 9.74. The van der Waals surface area contributed by atoms with Gasteiger partial charge in [-0.15, -0.1) is 6.58 Å². The molecule has 2 rings (SSSR count). The van der Waals surface area contributed by atoms with Crippen LogP contribution < -0.4 is 5.32 Å². The van der Waals surface area contributed by atoms with Crippen LogP contribution >= 0.6 is 0 Å². The quantitative estimate of drug-likeness (QED) is 0.476. The highest BCUT2D eigenvalue weighted by Crippen LogP contribution is 2.31. The number of ketones is 1. The number of allylic oxidation sites excluding steroid dienone is 1. The lowest BCUT2D eigenvalue weighted by Gasteiger charge is -2.29. The first-order valence-corrected chi connectivity index (χ1v) is 8.00. The van der Waals surface area contributed by atoms with Gasteiger partial charge in [-0.25, -0.2) is 0 Å². The SMILES string of the molecule is C=CC(C)(C)C(C(=O)NCc1ccccc1)C(=O)c1ccccc1. The molecule has 0 bridgehead atoms. The van der Waals surface area contributed by atoms with Crippen LogP contribution in [0, 0.1) is 11.3 Å². The molecule has 0 aliphatic heterocycles. The van der Waals surface area contributed by atoms with E-state index in [1.54, 1.807) is 30.3 Å². The van der Waals surface area contributed by atoms with E-state index in [4.69, 9.17) is 0 Å². The van der Waals surface area contributed by atoms with Crippen molar-refractivity contribution in [3.63, 3.8) is 0 Å². The van der Waals surface area contributed by atoms with Crippen LogP contribution in [0.1, 0.15) is 29.8 Å². The molecule has 0 saturated heterocycles. The summed E-state index contributed by atoms with van der Waals surface area (Å²) in [4.78, 5) is 25.7. The Hall–Kier alpha value is -2.68. The van der Waals surface area contributed by atoms with Gasteiger partial charge in [-0.3, -0.25) is 9.59 Å². The molecule has 2 aromatic rings. The van der Waals surface area contributed by atoms with E-state index < -0.39 is 11.3 Å². The Morgan fingerprint density at radius 3 is 2.12 bits per heavy atom. The fourth-order valence-electron chi connectivity index (χ4n) is 2.57. The number of carbonyl (C=O) groups excluding carboxylic acids is 2. The van der Waals surface area contributed by atoms with Crippen LogP contribution in [0.3, 0.4) is 0 Å². The average molecular weight is 321 g/mol. The monoisotopic (exact) mass is 321 g/mol. The van der Waals surface area contributed by atoms with Gasteiger partial charge in [-0.2, -0.15) is 0 Å². The molecule has 3 nitrogen and oxygen atoms in total. The summed E-state index contributed by atoms with van der Waals surface area (Å²) in [6.45, 7) is 7.90. The molecule has 0 fully saturated rings. The number of amides is 1. The van der Waals surface area contributed by atoms with E-state index in [1.807, 2.05) is 50.2 Å². The Morgan fingerprint density at radius 1 is 1.04 bits per heavy atom. The summed E-state index contributed by atoms with van der Waals surface area (Å²) in [6.07, 6.45) is 1.67. The molecular formula is C21H23NO2. The highest BCUT2D eigenvalue weighted by molar-refractivity contribution is 6.10. The number of hydrogen-bond acceptors (Lipinski definition) is 2. The fraction of sp³-hybridized carbons (Fsp3) is 0.238. The summed E-state index contributed by atoms with van der Waals surface area (Å²) in [6, 6.07) is 18.6. The van der Waals surface area contributed by atoms with E-state index >= 15 is 0 Å². The molecule has 24 heavy (non-hydrogen) atoms. The molecule has 1 N–H and O–H groups in total. The standard InChI is InChI=1S/C21H23NO2/c1-4-21(2,3)18(19(23)17-13-9-6-10-14-17)20(24)22-15-16-11-7-5-8-12-16/h4-14,18H,1,15H2,2-3H3,(H,22,24). The second kappa shape index (κ2) is 7.73. The van der Waals surface area contributed by atoms with Crippen molar-refractivity contribution in [1.29, 1.82) is 0 Å². The third-order valence-electron chi connectivity index (χ3n) is 4.16. The summed E-state index contributed by atoms with van der Waals surface area (Å²) < 4.78 is 0. The molecule has 1 amide bonds. The molecule has 2 aromatic carbocycles. The zero-order valence-corrected chi connectivity index (χ0v) is 14.2. The first-order valence-electron chi connectivity index (χ1n) is 8.00. The predicted molar refractivity (Wildman–Crippen MR) is 96.5 cm³/mol. The van der Waals surface area contributed by atoms with Crippen LogP contribution in [0.2, 0.25) is 0 Å². The van der Waals surface area contributed by atoms with Crippen LogP contribution in [0.15, 0.2) is 73.3 Å². The maximum absolute atomic E-state index is 12.9. The van der Waals surface area contributed by atoms with Gasteiger partial charge in [-0.05, 0) is 5.56 Å². The minimum atomic E-state index is -0.818. The molecule has 0 aliphatic carbocycles. The number of hydrogen-bond donors (Lipinski definition) is 1. The lowest BCUT2D eigenvalue weighted by Crippen LogP contribution is -2.43. The van der Waals surface area contributed by atoms with Crippen LogP contribution in [-0.4, -0.2) is 11.7 Å². The summed E-state index contributed by atoms with van der Waals surface area (Å²) in [7, 11) is 0. The Labute approximate surface area is 143 Å². The minimum absolute atomic E-state index is 0.189. The number of carbonyl (C=O) groups is 2. The third-order valence-corrected chi connectivity index (χ3v) is 4.16. The molecule has 0 spiro atoms. The van der Waals surface area contributed by atoms with Gasteiger partial charge in [0.05, 0.1) is 0 Å². The van der Waals surface area contributed by atoms with Crippen LogP contribution in [0.5, 0.6) is 0 Å². The molecule has 1 atom stereocenters. The average Bonchev–Trinajstić information content (AvgIpc) is 2.61. The first kappa shape index (κ1) is 17.7. The molecule has 0 saturated carbocycles. The van der Waals surface area contributed by atoms with Gasteiger partial charge in [0, 0.05) is 17.5 Å². The van der Waals surface area contributed by atoms with Crippen molar-refractivity contribution in [3.05, 3.63) is 84.4 Å². The Balaban J connectivity index is 2.21. The molecule has 1 unspecified atom stereocenters. The molecule has 0 radical (unpaired) electrons. The minimum Gasteiger partial charge on any atom is -0.351 e. The largest absolute Gasteiger partial charge is 0.351 e. The number of rotatable bonds is 7. The van der Waals surface area contributed by atoms with Crippen molar-refractivity contribution in [2.45, 2.75) is 20.4 Å². The smallest absolute Gasteiger partial charge is 0.232 e. The summed E-state index contributed by atoms with van der Waals surface area (Å²) in [5.41, 5.74) is 0.883. The lowest BCUT2D eigenvalue weighted by molar-refractivity contribution is -0.125. The normalized spacial score (nSPS) is 12.2. The maximum Gasteiger partial charge on any atom is 0.232 e. The van der Waals surface area contributed by atoms with Crippen molar-refractivity contribution >= 4 is 11.7 Å². The van der Waals surface area contributed by atoms with E-state index in [1.165, 1.54) is 0 Å². The van der Waals surface area contributed by atoms with Crippen molar-refractivity contribution in [2.75, 3.05) is 0 Å². The van der Waals surface area contributed by atoms with Crippen LogP contribution in [0.25, 0.3) is 0 Å². The topological polar surface area (TPSA) is 46.2 Å². The molecule has 0 heterocycles. The second-order valence-electron chi connectivity index (χ2n) is 6.39.